The summed E-state index contributed by atoms with van der Waals surface area (Å²) in [5, 5.41) is 0. The molecule has 0 saturated carbocycles. The van der Waals surface area contributed by atoms with Gasteiger partial charge in [-0.05, 0) is 82.4 Å². The number of halogens is 2. The second kappa shape index (κ2) is 17.5. The molecule has 33 heavy (non-hydrogen) atoms. The van der Waals surface area contributed by atoms with Gasteiger partial charge >= 0.3 is 0 Å². The maximum Gasteiger partial charge on any atom is 0.158 e. The number of piperidine rings is 1. The van der Waals surface area contributed by atoms with E-state index in [0.717, 1.165) is 17.1 Å². The maximum absolute atomic E-state index is 9.50. The average molecular weight is 481 g/mol. The Kier molecular flexibility index (Phi) is 16.4. The van der Waals surface area contributed by atoms with Gasteiger partial charge in [0.25, 0.3) is 0 Å². The first-order valence-corrected chi connectivity index (χ1v) is 12.6. The highest BCUT2D eigenvalue weighted by Crippen LogP contribution is 2.33. The van der Waals surface area contributed by atoms with Gasteiger partial charge in [-0.15, -0.1) is 11.8 Å². The van der Waals surface area contributed by atoms with Crippen molar-refractivity contribution in [2.75, 3.05) is 40.7 Å². The normalized spacial score (nSPS) is 13.9. The molecule has 2 aromatic rings. The van der Waals surface area contributed by atoms with E-state index in [0.29, 0.717) is 26.6 Å². The van der Waals surface area contributed by atoms with Crippen LogP contribution in [0.15, 0.2) is 34.2 Å². The monoisotopic (exact) mass is 480 g/mol. The summed E-state index contributed by atoms with van der Waals surface area (Å²) in [7, 11) is 3.19. The van der Waals surface area contributed by atoms with E-state index in [-0.39, 0.29) is 0 Å². The number of thioether (sulfide) groups is 1. The molecule has 1 aromatic carbocycles. The second-order valence-electron chi connectivity index (χ2n) is 7.46. The van der Waals surface area contributed by atoms with E-state index in [1.807, 2.05) is 13.8 Å². The van der Waals surface area contributed by atoms with E-state index in [9.17, 15) is 8.78 Å². The number of fused-ring (bicyclic) bond motifs is 1. The van der Waals surface area contributed by atoms with Crippen LogP contribution in [0.2, 0.25) is 0 Å². The SMILES string of the molecule is CC.CF.CF.CN1CCCCC1.CSc1cc(C)c(-c2ccc3c(n2)N=C(N)C3)c(C)c1. The van der Waals surface area contributed by atoms with Crippen molar-refractivity contribution in [3.63, 3.8) is 0 Å². The Balaban J connectivity index is 0.000000659. The molecule has 1 aromatic heterocycles. The number of hydrogen-bond acceptors (Lipinski definition) is 5. The molecule has 0 spiro atoms. The molecule has 186 valence electrons. The predicted molar refractivity (Wildman–Crippen MR) is 143 cm³/mol. The molecule has 4 nitrogen and oxygen atoms in total. The van der Waals surface area contributed by atoms with Gasteiger partial charge in [-0.2, -0.15) is 0 Å². The summed E-state index contributed by atoms with van der Waals surface area (Å²) in [4.78, 5) is 12.7. The Morgan fingerprint density at radius 2 is 1.48 bits per heavy atom. The number of hydrogen-bond donors (Lipinski definition) is 1. The molecular formula is C26H42F2N4S. The van der Waals surface area contributed by atoms with E-state index >= 15 is 0 Å². The molecule has 7 heteroatoms. The number of alkyl halides is 2. The molecule has 4 rings (SSSR count). The summed E-state index contributed by atoms with van der Waals surface area (Å²) < 4.78 is 19.0. The van der Waals surface area contributed by atoms with Crippen molar-refractivity contribution >= 4 is 23.4 Å². The van der Waals surface area contributed by atoms with Crippen LogP contribution >= 0.6 is 11.8 Å². The zero-order chi connectivity index (χ0) is 25.4. The summed E-state index contributed by atoms with van der Waals surface area (Å²) >= 11 is 1.76. The first-order valence-electron chi connectivity index (χ1n) is 11.4. The molecule has 1 fully saturated rings. The lowest BCUT2D eigenvalue weighted by atomic mass is 9.99. The van der Waals surface area contributed by atoms with Crippen molar-refractivity contribution in [2.24, 2.45) is 10.7 Å². The largest absolute Gasteiger partial charge is 0.387 e. The number of rotatable bonds is 2. The number of pyridine rings is 1. The van der Waals surface area contributed by atoms with Gasteiger partial charge in [-0.1, -0.05) is 26.3 Å². The van der Waals surface area contributed by atoms with E-state index in [2.05, 4.69) is 66.3 Å². The number of likely N-dealkylation sites (tertiary alicyclic amines) is 1. The minimum atomic E-state index is 0.500. The van der Waals surface area contributed by atoms with Crippen molar-refractivity contribution in [3.05, 3.63) is 41.0 Å². The van der Waals surface area contributed by atoms with Gasteiger partial charge in [0.05, 0.1) is 20.0 Å². The van der Waals surface area contributed by atoms with Crippen molar-refractivity contribution in [1.29, 1.82) is 0 Å². The van der Waals surface area contributed by atoms with Gasteiger partial charge < -0.3 is 10.6 Å². The molecule has 2 aliphatic heterocycles. The van der Waals surface area contributed by atoms with Gasteiger partial charge in [0.15, 0.2) is 5.82 Å². The lowest BCUT2D eigenvalue weighted by Crippen LogP contribution is -2.24. The van der Waals surface area contributed by atoms with Crippen LogP contribution in [-0.4, -0.2) is 56.5 Å². The Morgan fingerprint density at radius 3 is 1.94 bits per heavy atom. The Hall–Kier alpha value is -1.99. The number of aryl methyl sites for hydroxylation is 2. The van der Waals surface area contributed by atoms with Crippen LogP contribution in [0.4, 0.5) is 14.6 Å². The quantitative estimate of drug-likeness (QED) is 0.473. The van der Waals surface area contributed by atoms with Crippen molar-refractivity contribution in [1.82, 2.24) is 9.88 Å². The molecule has 0 amide bonds. The van der Waals surface area contributed by atoms with Gasteiger partial charge in [0.1, 0.15) is 5.84 Å². The Morgan fingerprint density at radius 1 is 0.939 bits per heavy atom. The van der Waals surface area contributed by atoms with Crippen molar-refractivity contribution in [2.45, 2.75) is 58.3 Å². The third-order valence-electron chi connectivity index (χ3n) is 5.15. The number of amidine groups is 1. The fourth-order valence-electron chi connectivity index (χ4n) is 3.72. The zero-order valence-electron chi connectivity index (χ0n) is 21.6. The first-order chi connectivity index (χ1) is 16.0. The molecule has 0 aliphatic carbocycles. The molecule has 2 aliphatic rings. The van der Waals surface area contributed by atoms with Crippen LogP contribution in [-0.2, 0) is 6.42 Å². The second-order valence-corrected chi connectivity index (χ2v) is 8.34. The number of benzene rings is 1. The third-order valence-corrected chi connectivity index (χ3v) is 5.86. The maximum atomic E-state index is 9.50. The summed E-state index contributed by atoms with van der Waals surface area (Å²) in [5.74, 6) is 1.42. The molecule has 0 bridgehead atoms. The van der Waals surface area contributed by atoms with Crippen LogP contribution in [0.5, 0.6) is 0 Å². The molecular weight excluding hydrogens is 438 g/mol. The number of aliphatic imine (C=N–C) groups is 1. The van der Waals surface area contributed by atoms with E-state index in [1.54, 1.807) is 11.8 Å². The minimum Gasteiger partial charge on any atom is -0.387 e. The fraction of sp³-hybridized carbons (Fsp3) is 0.538. The summed E-state index contributed by atoms with van der Waals surface area (Å²) in [6.45, 7) is 10.9. The standard InChI is InChI=1S/C16H17N3S.C6H13N.C2H6.2CH3F/c1-9-6-12(20-3)7-10(2)15(9)13-5-4-11-8-14(17)19-16(11)18-13;1-7-5-3-2-4-6-7;3*1-2/h4-7H,8H2,1-3H3,(H2,17,18,19);2-6H2,1H3;1-2H3;2*1H3. The van der Waals surface area contributed by atoms with E-state index in [4.69, 9.17) is 5.73 Å². The summed E-state index contributed by atoms with van der Waals surface area (Å²) in [6.07, 6.45) is 7.09. The van der Waals surface area contributed by atoms with Crippen LogP contribution in [0, 0.1) is 13.8 Å². The molecule has 0 unspecified atom stereocenters. The van der Waals surface area contributed by atoms with E-state index < -0.39 is 0 Å². The van der Waals surface area contributed by atoms with Gasteiger partial charge in [0, 0.05) is 22.4 Å². The van der Waals surface area contributed by atoms with E-state index in [1.165, 1.54) is 53.9 Å². The Labute approximate surface area is 204 Å². The number of nitrogens with zero attached hydrogens (tertiary/aromatic N) is 3. The zero-order valence-corrected chi connectivity index (χ0v) is 22.5. The molecule has 0 atom stereocenters. The highest BCUT2D eigenvalue weighted by molar-refractivity contribution is 7.98. The van der Waals surface area contributed by atoms with Gasteiger partial charge in [-0.25, -0.2) is 9.98 Å². The average Bonchev–Trinajstić information content (AvgIpc) is 3.23. The predicted octanol–water partition coefficient (Wildman–Crippen LogP) is 6.93. The minimum absolute atomic E-state index is 0.500. The van der Waals surface area contributed by atoms with Crippen molar-refractivity contribution in [3.8, 4) is 11.3 Å². The van der Waals surface area contributed by atoms with Gasteiger partial charge in [0.2, 0.25) is 0 Å². The van der Waals surface area contributed by atoms with Crippen LogP contribution in [0.25, 0.3) is 11.3 Å². The lowest BCUT2D eigenvalue weighted by molar-refractivity contribution is 0.277. The molecule has 2 N–H and O–H groups in total. The summed E-state index contributed by atoms with van der Waals surface area (Å²) in [5.41, 5.74) is 11.6. The smallest absolute Gasteiger partial charge is 0.158 e. The topological polar surface area (TPSA) is 54.5 Å². The van der Waals surface area contributed by atoms with Gasteiger partial charge in [-0.3, -0.25) is 8.78 Å². The van der Waals surface area contributed by atoms with Crippen LogP contribution in [0.3, 0.4) is 0 Å². The molecule has 3 heterocycles. The first kappa shape index (κ1) is 31.0. The summed E-state index contributed by atoms with van der Waals surface area (Å²) in [6, 6.07) is 8.57. The highest BCUT2D eigenvalue weighted by atomic mass is 32.2. The molecule has 1 saturated heterocycles. The number of nitrogens with two attached hydrogens (primary N) is 1. The fourth-order valence-corrected chi connectivity index (χ4v) is 4.31. The van der Waals surface area contributed by atoms with Crippen molar-refractivity contribution < 1.29 is 8.78 Å². The Bertz CT molecular complexity index is 827. The third kappa shape index (κ3) is 9.80. The van der Waals surface area contributed by atoms with Crippen LogP contribution < -0.4 is 5.73 Å². The van der Waals surface area contributed by atoms with Crippen LogP contribution in [0.1, 0.15) is 49.8 Å². The number of aromatic nitrogens is 1. The highest BCUT2D eigenvalue weighted by Gasteiger charge is 2.16. The lowest BCUT2D eigenvalue weighted by Gasteiger charge is -2.20. The molecule has 0 radical (unpaired) electrons.